The van der Waals surface area contributed by atoms with E-state index in [1.165, 1.54) is 38.5 Å². The molecule has 19 heavy (non-hydrogen) atoms. The molecule has 0 aromatic carbocycles. The molecule has 5 aliphatic rings. The summed E-state index contributed by atoms with van der Waals surface area (Å²) in [6.45, 7) is 0. The van der Waals surface area contributed by atoms with Crippen LogP contribution in [0.5, 0.6) is 0 Å². The zero-order valence-electron chi connectivity index (χ0n) is 11.9. The Hall–Kier alpha value is -0.370. The molecule has 5 aliphatic carbocycles. The van der Waals surface area contributed by atoms with E-state index in [0.717, 1.165) is 37.5 Å². The molecule has 0 aromatic rings. The zero-order valence-corrected chi connectivity index (χ0v) is 11.9. The van der Waals surface area contributed by atoms with Crippen LogP contribution in [0.4, 0.5) is 0 Å². The normalized spacial score (nSPS) is 47.3. The molecular weight excluding hydrogens is 234 g/mol. The predicted octanol–water partition coefficient (Wildman–Crippen LogP) is 3.29. The Labute approximate surface area is 116 Å². The maximum Gasteiger partial charge on any atom is 0.156 e. The highest BCUT2D eigenvalue weighted by Crippen LogP contribution is 2.57. The number of nitrogens with two attached hydrogens (primary N) is 1. The van der Waals surface area contributed by atoms with Gasteiger partial charge in [0.15, 0.2) is 5.78 Å². The molecule has 5 fully saturated rings. The summed E-state index contributed by atoms with van der Waals surface area (Å²) in [6.07, 6.45) is 12.3. The van der Waals surface area contributed by atoms with Gasteiger partial charge in [-0.2, -0.15) is 0 Å². The summed E-state index contributed by atoms with van der Waals surface area (Å²) in [5.41, 5.74) is 6.09. The molecule has 4 bridgehead atoms. The number of carbonyl (C=O) groups excluding carboxylic acids is 1. The second kappa shape index (κ2) is 4.31. The van der Waals surface area contributed by atoms with Gasteiger partial charge in [0.1, 0.15) is 0 Å². The van der Waals surface area contributed by atoms with E-state index in [1.807, 2.05) is 0 Å². The van der Waals surface area contributed by atoms with Crippen molar-refractivity contribution in [1.82, 2.24) is 0 Å². The Morgan fingerprint density at radius 2 is 1.37 bits per heavy atom. The summed E-state index contributed by atoms with van der Waals surface area (Å²) in [4.78, 5) is 13.1. The molecule has 0 unspecified atom stereocenters. The number of hydrogen-bond acceptors (Lipinski definition) is 2. The Bertz CT molecular complexity index is 355. The Balaban J connectivity index is 1.57. The van der Waals surface area contributed by atoms with Crippen molar-refractivity contribution in [2.24, 2.45) is 35.3 Å². The van der Waals surface area contributed by atoms with E-state index < -0.39 is 5.54 Å². The van der Waals surface area contributed by atoms with Crippen molar-refractivity contribution in [2.75, 3.05) is 0 Å². The number of carbonyl (C=O) groups is 1. The standard InChI is InChI=1S/C17H27NO/c18-17(4-2-1-3-5-17)16(19)15-13-7-11-6-12(9-13)10-14(15)8-11/h11-15H,1-10,18H2. The number of rotatable bonds is 2. The fraction of sp³-hybridized carbons (Fsp3) is 0.941. The topological polar surface area (TPSA) is 43.1 Å². The first-order valence-electron chi connectivity index (χ1n) is 8.49. The molecule has 2 N–H and O–H groups in total. The number of ketones is 1. The van der Waals surface area contributed by atoms with E-state index in [4.69, 9.17) is 5.73 Å². The van der Waals surface area contributed by atoms with Gasteiger partial charge in [0.25, 0.3) is 0 Å². The van der Waals surface area contributed by atoms with Crippen LogP contribution < -0.4 is 5.73 Å². The van der Waals surface area contributed by atoms with E-state index in [9.17, 15) is 4.79 Å². The molecule has 0 aliphatic heterocycles. The maximum absolute atomic E-state index is 13.1. The van der Waals surface area contributed by atoms with Crippen molar-refractivity contribution < 1.29 is 4.79 Å². The lowest BCUT2D eigenvalue weighted by Gasteiger charge is -2.55. The van der Waals surface area contributed by atoms with Gasteiger partial charge in [0, 0.05) is 5.92 Å². The fourth-order valence-corrected chi connectivity index (χ4v) is 6.11. The van der Waals surface area contributed by atoms with Gasteiger partial charge in [-0.1, -0.05) is 19.3 Å². The molecular formula is C17H27NO. The van der Waals surface area contributed by atoms with Gasteiger partial charge in [-0.15, -0.1) is 0 Å². The molecule has 0 spiro atoms. The molecule has 5 saturated carbocycles. The summed E-state index contributed by atoms with van der Waals surface area (Å²) >= 11 is 0. The zero-order chi connectivity index (χ0) is 13.0. The van der Waals surface area contributed by atoms with E-state index >= 15 is 0 Å². The van der Waals surface area contributed by atoms with Gasteiger partial charge in [0.2, 0.25) is 0 Å². The predicted molar refractivity (Wildman–Crippen MR) is 75.5 cm³/mol. The van der Waals surface area contributed by atoms with Gasteiger partial charge < -0.3 is 5.73 Å². The Morgan fingerprint density at radius 1 is 0.842 bits per heavy atom. The largest absolute Gasteiger partial charge is 0.319 e. The van der Waals surface area contributed by atoms with Crippen LogP contribution in [0.1, 0.15) is 64.2 Å². The van der Waals surface area contributed by atoms with Crippen LogP contribution in [0.2, 0.25) is 0 Å². The summed E-state index contributed by atoms with van der Waals surface area (Å²) < 4.78 is 0. The summed E-state index contributed by atoms with van der Waals surface area (Å²) in [5.74, 6) is 4.12. The van der Waals surface area contributed by atoms with Gasteiger partial charge in [-0.05, 0) is 68.6 Å². The van der Waals surface area contributed by atoms with E-state index in [1.54, 1.807) is 0 Å². The van der Waals surface area contributed by atoms with Crippen LogP contribution >= 0.6 is 0 Å². The SMILES string of the molecule is NC1(C(=O)C2C3CC4CC(C3)CC2C4)CCCCC1. The minimum atomic E-state index is -0.446. The Kier molecular flexibility index (Phi) is 2.81. The highest BCUT2D eigenvalue weighted by atomic mass is 16.1. The van der Waals surface area contributed by atoms with E-state index in [0.29, 0.717) is 23.5 Å². The first kappa shape index (κ1) is 12.4. The molecule has 0 amide bonds. The lowest BCUT2D eigenvalue weighted by molar-refractivity contribution is -0.142. The molecule has 0 aromatic heterocycles. The van der Waals surface area contributed by atoms with Crippen LogP contribution in [0.25, 0.3) is 0 Å². The second-order valence-corrected chi connectivity index (χ2v) is 8.04. The maximum atomic E-state index is 13.1. The van der Waals surface area contributed by atoms with Gasteiger partial charge in [-0.25, -0.2) is 0 Å². The minimum absolute atomic E-state index is 0.343. The number of hydrogen-bond donors (Lipinski definition) is 1. The quantitative estimate of drug-likeness (QED) is 0.829. The highest BCUT2D eigenvalue weighted by Gasteiger charge is 2.53. The van der Waals surface area contributed by atoms with Crippen molar-refractivity contribution in [3.8, 4) is 0 Å². The van der Waals surface area contributed by atoms with Crippen molar-refractivity contribution >= 4 is 5.78 Å². The molecule has 2 heteroatoms. The molecule has 0 saturated heterocycles. The lowest BCUT2D eigenvalue weighted by Crippen LogP contribution is -2.58. The smallest absolute Gasteiger partial charge is 0.156 e. The average molecular weight is 261 g/mol. The van der Waals surface area contributed by atoms with Gasteiger partial charge in [0.05, 0.1) is 5.54 Å². The van der Waals surface area contributed by atoms with Crippen molar-refractivity contribution in [2.45, 2.75) is 69.7 Å². The molecule has 0 heterocycles. The van der Waals surface area contributed by atoms with Crippen LogP contribution in [0, 0.1) is 29.6 Å². The van der Waals surface area contributed by atoms with Crippen LogP contribution in [-0.2, 0) is 4.79 Å². The third-order valence-corrected chi connectivity index (χ3v) is 6.77. The fourth-order valence-electron chi connectivity index (χ4n) is 6.11. The Morgan fingerprint density at radius 3 is 1.89 bits per heavy atom. The van der Waals surface area contributed by atoms with Gasteiger partial charge in [-0.3, -0.25) is 4.79 Å². The third-order valence-electron chi connectivity index (χ3n) is 6.77. The third kappa shape index (κ3) is 1.90. The van der Waals surface area contributed by atoms with Crippen molar-refractivity contribution in [3.63, 3.8) is 0 Å². The van der Waals surface area contributed by atoms with E-state index in [-0.39, 0.29) is 0 Å². The average Bonchev–Trinajstić information content (AvgIpc) is 2.38. The molecule has 2 nitrogen and oxygen atoms in total. The monoisotopic (exact) mass is 261 g/mol. The lowest BCUT2D eigenvalue weighted by atomic mass is 9.49. The molecule has 0 radical (unpaired) electrons. The first-order chi connectivity index (χ1) is 9.16. The summed E-state index contributed by atoms with van der Waals surface area (Å²) in [7, 11) is 0. The molecule has 0 atom stereocenters. The highest BCUT2D eigenvalue weighted by molar-refractivity contribution is 5.91. The van der Waals surface area contributed by atoms with Crippen LogP contribution in [0.3, 0.4) is 0 Å². The van der Waals surface area contributed by atoms with Gasteiger partial charge >= 0.3 is 0 Å². The summed E-state index contributed by atoms with van der Waals surface area (Å²) in [6, 6.07) is 0. The van der Waals surface area contributed by atoms with Crippen LogP contribution in [-0.4, -0.2) is 11.3 Å². The molecule has 5 rings (SSSR count). The minimum Gasteiger partial charge on any atom is -0.319 e. The second-order valence-electron chi connectivity index (χ2n) is 8.04. The first-order valence-corrected chi connectivity index (χ1v) is 8.49. The van der Waals surface area contributed by atoms with Crippen molar-refractivity contribution in [3.05, 3.63) is 0 Å². The van der Waals surface area contributed by atoms with Crippen molar-refractivity contribution in [1.29, 1.82) is 0 Å². The number of Topliss-reactive ketones (excluding diaryl/α,β-unsaturated/α-hetero) is 1. The summed E-state index contributed by atoms with van der Waals surface area (Å²) in [5, 5.41) is 0. The molecule has 106 valence electrons. The van der Waals surface area contributed by atoms with Crippen LogP contribution in [0.15, 0.2) is 0 Å². The van der Waals surface area contributed by atoms with E-state index in [2.05, 4.69) is 0 Å².